The number of methoxy groups -OCH3 is 1. The zero-order valence-electron chi connectivity index (χ0n) is 11.0. The second-order valence-corrected chi connectivity index (χ2v) is 4.28. The van der Waals surface area contributed by atoms with Crippen LogP contribution in [0.3, 0.4) is 0 Å². The van der Waals surface area contributed by atoms with Gasteiger partial charge in [-0.15, -0.1) is 0 Å². The lowest BCUT2D eigenvalue weighted by Crippen LogP contribution is -2.23. The molecule has 0 radical (unpaired) electrons. The summed E-state index contributed by atoms with van der Waals surface area (Å²) in [6, 6.07) is 5.38. The van der Waals surface area contributed by atoms with Crippen molar-refractivity contribution in [2.45, 2.75) is 6.54 Å². The molecular formula is C14H15NO5. The molecule has 1 N–H and O–H groups in total. The average Bonchev–Trinajstić information content (AvgIpc) is 2.82. The first-order valence-corrected chi connectivity index (χ1v) is 6.10. The van der Waals surface area contributed by atoms with Crippen molar-refractivity contribution < 1.29 is 24.2 Å². The van der Waals surface area contributed by atoms with Gasteiger partial charge in [-0.25, -0.2) is 9.59 Å². The molecular weight excluding hydrogens is 262 g/mol. The first kappa shape index (κ1) is 13.9. The lowest BCUT2D eigenvalue weighted by molar-refractivity contribution is -0.131. The predicted octanol–water partition coefficient (Wildman–Crippen LogP) is 1.75. The van der Waals surface area contributed by atoms with E-state index < -0.39 is 5.97 Å². The van der Waals surface area contributed by atoms with Crippen molar-refractivity contribution >= 4 is 18.1 Å². The molecule has 0 unspecified atom stereocenters. The fourth-order valence-corrected chi connectivity index (χ4v) is 1.96. The predicted molar refractivity (Wildman–Crippen MR) is 71.4 cm³/mol. The molecule has 1 saturated heterocycles. The Morgan fingerprint density at radius 2 is 2.35 bits per heavy atom. The Labute approximate surface area is 116 Å². The Bertz CT molecular complexity index is 552. The number of amides is 1. The van der Waals surface area contributed by atoms with Gasteiger partial charge in [-0.2, -0.15) is 0 Å². The highest BCUT2D eigenvalue weighted by Crippen LogP contribution is 2.22. The van der Waals surface area contributed by atoms with E-state index in [4.69, 9.17) is 14.6 Å². The van der Waals surface area contributed by atoms with Crippen LogP contribution in [0.2, 0.25) is 0 Å². The first-order valence-electron chi connectivity index (χ1n) is 6.10. The van der Waals surface area contributed by atoms with Crippen molar-refractivity contribution in [3.63, 3.8) is 0 Å². The van der Waals surface area contributed by atoms with E-state index >= 15 is 0 Å². The molecule has 6 heteroatoms. The zero-order valence-corrected chi connectivity index (χ0v) is 11.0. The maximum absolute atomic E-state index is 11.4. The molecule has 0 aliphatic carbocycles. The quantitative estimate of drug-likeness (QED) is 0.830. The molecule has 1 aliphatic rings. The molecule has 0 aromatic heterocycles. The van der Waals surface area contributed by atoms with E-state index in [-0.39, 0.29) is 6.09 Å². The number of carboxylic acid groups (broad SMARTS) is 1. The van der Waals surface area contributed by atoms with Gasteiger partial charge in [0.25, 0.3) is 0 Å². The molecule has 2 rings (SSSR count). The van der Waals surface area contributed by atoms with Crippen molar-refractivity contribution in [1.82, 2.24) is 4.90 Å². The number of rotatable bonds is 5. The molecule has 1 heterocycles. The van der Waals surface area contributed by atoms with E-state index in [2.05, 4.69) is 0 Å². The number of hydrogen-bond donors (Lipinski definition) is 1. The topological polar surface area (TPSA) is 76.1 Å². The molecule has 1 aromatic rings. The summed E-state index contributed by atoms with van der Waals surface area (Å²) in [4.78, 5) is 23.6. The Morgan fingerprint density at radius 1 is 1.55 bits per heavy atom. The van der Waals surface area contributed by atoms with Gasteiger partial charge in [0.15, 0.2) is 0 Å². The van der Waals surface area contributed by atoms with E-state index in [0.717, 1.165) is 11.6 Å². The van der Waals surface area contributed by atoms with Crippen molar-refractivity contribution in [1.29, 1.82) is 0 Å². The van der Waals surface area contributed by atoms with Crippen LogP contribution in [0.4, 0.5) is 4.79 Å². The number of nitrogens with zero attached hydrogens (tertiary/aromatic N) is 1. The van der Waals surface area contributed by atoms with Crippen molar-refractivity contribution in [2.75, 3.05) is 20.3 Å². The number of cyclic esters (lactones) is 1. The highest BCUT2D eigenvalue weighted by atomic mass is 16.6. The Hall–Kier alpha value is -2.50. The monoisotopic (exact) mass is 277 g/mol. The Balaban J connectivity index is 2.20. The summed E-state index contributed by atoms with van der Waals surface area (Å²) in [6.07, 6.45) is 2.18. The first-order chi connectivity index (χ1) is 9.60. The second kappa shape index (κ2) is 6.10. The zero-order chi connectivity index (χ0) is 14.5. The van der Waals surface area contributed by atoms with Gasteiger partial charge in [0.1, 0.15) is 12.4 Å². The number of carbonyl (C=O) groups excluding carboxylic acids is 1. The molecule has 6 nitrogen and oxygen atoms in total. The number of aliphatic carboxylic acids is 1. The molecule has 1 aliphatic heterocycles. The van der Waals surface area contributed by atoms with Crippen molar-refractivity contribution in [3.05, 3.63) is 35.4 Å². The molecule has 20 heavy (non-hydrogen) atoms. The summed E-state index contributed by atoms with van der Waals surface area (Å²) in [6.45, 7) is 1.39. The highest BCUT2D eigenvalue weighted by Gasteiger charge is 2.21. The van der Waals surface area contributed by atoms with Gasteiger partial charge in [-0.05, 0) is 23.8 Å². The van der Waals surface area contributed by atoms with Crippen LogP contribution in [0.15, 0.2) is 24.3 Å². The van der Waals surface area contributed by atoms with Gasteiger partial charge >= 0.3 is 12.1 Å². The number of ether oxygens (including phenoxy) is 2. The Morgan fingerprint density at radius 3 is 2.95 bits per heavy atom. The van der Waals surface area contributed by atoms with Crippen LogP contribution in [0.5, 0.6) is 5.75 Å². The summed E-state index contributed by atoms with van der Waals surface area (Å²) < 4.78 is 10.0. The maximum Gasteiger partial charge on any atom is 0.410 e. The summed E-state index contributed by atoms with van der Waals surface area (Å²) in [7, 11) is 1.52. The summed E-state index contributed by atoms with van der Waals surface area (Å²) in [5.74, 6) is -0.448. The Kier molecular flexibility index (Phi) is 4.24. The molecule has 0 atom stereocenters. The standard InChI is InChI=1S/C14H15NO5/c1-19-12-4-2-10(8-11(12)3-5-13(16)17)9-15-6-7-20-14(15)18/h2-5,8H,6-7,9H2,1H3,(H,16,17). The lowest BCUT2D eigenvalue weighted by atomic mass is 10.1. The second-order valence-electron chi connectivity index (χ2n) is 4.28. The van der Waals surface area contributed by atoms with Gasteiger partial charge in [-0.3, -0.25) is 0 Å². The van der Waals surface area contributed by atoms with Crippen LogP contribution in [0.25, 0.3) is 6.08 Å². The van der Waals surface area contributed by atoms with Crippen LogP contribution >= 0.6 is 0 Å². The van der Waals surface area contributed by atoms with Crippen LogP contribution in [0.1, 0.15) is 11.1 Å². The normalized spacial score (nSPS) is 14.7. The van der Waals surface area contributed by atoms with Crippen LogP contribution in [-0.4, -0.2) is 42.3 Å². The van der Waals surface area contributed by atoms with Crippen LogP contribution in [0, 0.1) is 0 Å². The highest BCUT2D eigenvalue weighted by molar-refractivity contribution is 5.86. The number of benzene rings is 1. The minimum absolute atomic E-state index is 0.330. The molecule has 106 valence electrons. The number of hydrogen-bond acceptors (Lipinski definition) is 4. The van der Waals surface area contributed by atoms with E-state index in [0.29, 0.717) is 31.0 Å². The van der Waals surface area contributed by atoms with Gasteiger partial charge in [0, 0.05) is 18.2 Å². The summed E-state index contributed by atoms with van der Waals surface area (Å²) >= 11 is 0. The largest absolute Gasteiger partial charge is 0.496 e. The SMILES string of the molecule is COc1ccc(CN2CCOC2=O)cc1C=CC(=O)O. The lowest BCUT2D eigenvalue weighted by Gasteiger charge is -2.14. The van der Waals surface area contributed by atoms with E-state index in [1.807, 2.05) is 6.07 Å². The smallest absolute Gasteiger partial charge is 0.410 e. The van der Waals surface area contributed by atoms with Crippen LogP contribution < -0.4 is 4.74 Å². The van der Waals surface area contributed by atoms with Gasteiger partial charge < -0.3 is 19.5 Å². The molecule has 1 amide bonds. The molecule has 0 bridgehead atoms. The minimum atomic E-state index is -1.03. The molecule has 0 spiro atoms. The minimum Gasteiger partial charge on any atom is -0.496 e. The van der Waals surface area contributed by atoms with Gasteiger partial charge in [0.2, 0.25) is 0 Å². The van der Waals surface area contributed by atoms with E-state index in [1.54, 1.807) is 17.0 Å². The number of carboxylic acids is 1. The third kappa shape index (κ3) is 3.28. The van der Waals surface area contributed by atoms with Crippen molar-refractivity contribution in [2.24, 2.45) is 0 Å². The number of carbonyl (C=O) groups is 2. The van der Waals surface area contributed by atoms with Crippen LogP contribution in [-0.2, 0) is 16.1 Å². The summed E-state index contributed by atoms with van der Waals surface area (Å²) in [5.41, 5.74) is 1.54. The third-order valence-corrected chi connectivity index (χ3v) is 2.92. The maximum atomic E-state index is 11.4. The fourth-order valence-electron chi connectivity index (χ4n) is 1.96. The van der Waals surface area contributed by atoms with E-state index in [9.17, 15) is 9.59 Å². The molecule has 1 aromatic carbocycles. The fraction of sp³-hybridized carbons (Fsp3) is 0.286. The molecule has 1 fully saturated rings. The molecule has 0 saturated carbocycles. The van der Waals surface area contributed by atoms with Gasteiger partial charge in [0.05, 0.1) is 13.7 Å². The van der Waals surface area contributed by atoms with Crippen molar-refractivity contribution in [3.8, 4) is 5.75 Å². The summed E-state index contributed by atoms with van der Waals surface area (Å²) in [5, 5.41) is 8.68. The average molecular weight is 277 g/mol. The van der Waals surface area contributed by atoms with E-state index in [1.165, 1.54) is 13.2 Å². The third-order valence-electron chi connectivity index (χ3n) is 2.92. The van der Waals surface area contributed by atoms with Gasteiger partial charge in [-0.1, -0.05) is 6.07 Å².